The SMILES string of the molecule is CCN1CC[C@H](N2CCCc3cc(C#N)cc(-c4ccnc5cc(Cn6c(=O)ccn(CC(F)(F)F)c6=O)sc45)c32)C1. The Balaban J connectivity index is 1.44. The first-order valence-electron chi connectivity index (χ1n) is 14.0. The summed E-state index contributed by atoms with van der Waals surface area (Å²) < 4.78 is 41.1. The Kier molecular flexibility index (Phi) is 7.41. The molecule has 1 atom stereocenters. The van der Waals surface area contributed by atoms with Gasteiger partial charge in [-0.3, -0.25) is 18.9 Å². The second kappa shape index (κ2) is 11.0. The van der Waals surface area contributed by atoms with Crippen LogP contribution in [0.15, 0.2) is 52.3 Å². The third kappa shape index (κ3) is 5.34. The van der Waals surface area contributed by atoms with E-state index in [9.17, 15) is 28.0 Å². The molecule has 6 rings (SSSR count). The molecular formula is C30H29F3N6O2S. The Morgan fingerprint density at radius 1 is 1.14 bits per heavy atom. The summed E-state index contributed by atoms with van der Waals surface area (Å²) in [5.41, 5.74) is 3.68. The summed E-state index contributed by atoms with van der Waals surface area (Å²) in [6.07, 6.45) is 0.937. The highest BCUT2D eigenvalue weighted by Gasteiger charge is 2.33. The van der Waals surface area contributed by atoms with Crippen LogP contribution in [0.5, 0.6) is 0 Å². The summed E-state index contributed by atoms with van der Waals surface area (Å²) in [6, 6.07) is 11.3. The van der Waals surface area contributed by atoms with Crippen molar-refractivity contribution in [3.8, 4) is 17.2 Å². The maximum Gasteiger partial charge on any atom is 0.406 e. The van der Waals surface area contributed by atoms with Crippen molar-refractivity contribution in [3.63, 3.8) is 0 Å². The molecular weight excluding hydrogens is 565 g/mol. The Bertz CT molecular complexity index is 1820. The van der Waals surface area contributed by atoms with Crippen molar-refractivity contribution in [2.45, 2.75) is 51.5 Å². The number of aromatic nitrogens is 3. The molecule has 1 saturated heterocycles. The molecule has 0 radical (unpaired) electrons. The van der Waals surface area contributed by atoms with E-state index >= 15 is 0 Å². The number of likely N-dealkylation sites (N-methyl/N-ethyl adjacent to an activating group) is 1. The van der Waals surface area contributed by atoms with Crippen LogP contribution in [0, 0.1) is 11.3 Å². The van der Waals surface area contributed by atoms with Crippen LogP contribution >= 0.6 is 11.3 Å². The highest BCUT2D eigenvalue weighted by atomic mass is 32.1. The number of halogens is 3. The average Bonchev–Trinajstić information content (AvgIpc) is 3.62. The number of nitriles is 1. The number of benzene rings is 1. The molecule has 0 bridgehead atoms. The van der Waals surface area contributed by atoms with Gasteiger partial charge in [0.25, 0.3) is 5.56 Å². The number of alkyl halides is 3. The molecule has 2 aliphatic rings. The van der Waals surface area contributed by atoms with Gasteiger partial charge in [0, 0.05) is 65.8 Å². The predicted octanol–water partition coefficient (Wildman–Crippen LogP) is 4.62. The smallest absolute Gasteiger partial charge is 0.366 e. The number of likely N-dealkylation sites (tertiary alicyclic amines) is 1. The molecule has 218 valence electrons. The van der Waals surface area contributed by atoms with Gasteiger partial charge < -0.3 is 9.80 Å². The number of hydrogen-bond acceptors (Lipinski definition) is 7. The van der Waals surface area contributed by atoms with E-state index in [0.717, 1.165) is 89.3 Å². The second-order valence-electron chi connectivity index (χ2n) is 10.8. The van der Waals surface area contributed by atoms with Gasteiger partial charge in [0.15, 0.2) is 0 Å². The van der Waals surface area contributed by atoms with Crippen molar-refractivity contribution in [1.82, 2.24) is 19.0 Å². The number of nitrogens with zero attached hydrogens (tertiary/aromatic N) is 6. The van der Waals surface area contributed by atoms with Gasteiger partial charge >= 0.3 is 11.9 Å². The number of pyridine rings is 1. The number of fused-ring (bicyclic) bond motifs is 2. The van der Waals surface area contributed by atoms with Crippen molar-refractivity contribution >= 4 is 27.2 Å². The van der Waals surface area contributed by atoms with E-state index in [1.54, 1.807) is 12.3 Å². The standard InChI is InChI=1S/C30H29F3N6O2S/c1-2-36-10-6-21(16-36)38-9-3-4-20-12-19(15-34)13-24(27(20)38)23-5-8-35-25-14-22(42-28(23)25)17-39-26(40)7-11-37(29(39)41)18-30(31,32)33/h5,7-8,11-14,21H,2-4,6,9-10,16-18H2,1H3/t21-/m0/s1. The fourth-order valence-corrected chi connectivity index (χ4v) is 7.34. The first-order valence-corrected chi connectivity index (χ1v) is 14.8. The summed E-state index contributed by atoms with van der Waals surface area (Å²) in [6.45, 7) is 4.50. The molecule has 3 aromatic heterocycles. The largest absolute Gasteiger partial charge is 0.406 e. The maximum atomic E-state index is 13.0. The minimum absolute atomic E-state index is 0.172. The van der Waals surface area contributed by atoms with E-state index in [-0.39, 0.29) is 6.54 Å². The minimum atomic E-state index is -4.60. The number of aryl methyl sites for hydroxylation is 1. The van der Waals surface area contributed by atoms with Crippen molar-refractivity contribution in [1.29, 1.82) is 5.26 Å². The zero-order valence-corrected chi connectivity index (χ0v) is 23.8. The van der Waals surface area contributed by atoms with Crippen LogP contribution in [0.25, 0.3) is 21.3 Å². The van der Waals surface area contributed by atoms with Crippen molar-refractivity contribution in [2.75, 3.05) is 31.1 Å². The number of anilines is 1. The Labute approximate surface area is 243 Å². The van der Waals surface area contributed by atoms with Gasteiger partial charge in [0.2, 0.25) is 0 Å². The van der Waals surface area contributed by atoms with Crippen molar-refractivity contribution in [2.24, 2.45) is 0 Å². The van der Waals surface area contributed by atoms with Crippen LogP contribution < -0.4 is 16.1 Å². The van der Waals surface area contributed by atoms with Crippen molar-refractivity contribution in [3.05, 3.63) is 79.6 Å². The molecule has 0 N–H and O–H groups in total. The highest BCUT2D eigenvalue weighted by Crippen LogP contribution is 2.44. The first-order chi connectivity index (χ1) is 20.1. The fourth-order valence-electron chi connectivity index (χ4n) is 6.21. The fraction of sp³-hybridized carbons (Fsp3) is 0.400. The summed E-state index contributed by atoms with van der Waals surface area (Å²) >= 11 is 1.35. The van der Waals surface area contributed by atoms with Gasteiger partial charge in [-0.05, 0) is 55.6 Å². The molecule has 0 saturated carbocycles. The molecule has 0 aliphatic carbocycles. The molecule has 0 spiro atoms. The van der Waals surface area contributed by atoms with Crippen LogP contribution in [0.4, 0.5) is 18.9 Å². The van der Waals surface area contributed by atoms with Crippen LogP contribution in [0.1, 0.15) is 35.8 Å². The molecule has 1 aromatic carbocycles. The summed E-state index contributed by atoms with van der Waals surface area (Å²) in [4.78, 5) is 35.4. The average molecular weight is 595 g/mol. The summed E-state index contributed by atoms with van der Waals surface area (Å²) in [5.74, 6) is 0. The molecule has 8 nitrogen and oxygen atoms in total. The molecule has 4 aromatic rings. The minimum Gasteiger partial charge on any atom is -0.366 e. The van der Waals surface area contributed by atoms with E-state index < -0.39 is 24.0 Å². The first kappa shape index (κ1) is 28.2. The van der Waals surface area contributed by atoms with Crippen molar-refractivity contribution < 1.29 is 13.2 Å². The predicted molar refractivity (Wildman–Crippen MR) is 156 cm³/mol. The van der Waals surface area contributed by atoms with Gasteiger partial charge in [0.1, 0.15) is 6.54 Å². The monoisotopic (exact) mass is 594 g/mol. The van der Waals surface area contributed by atoms with E-state index in [2.05, 4.69) is 27.8 Å². The zero-order chi connectivity index (χ0) is 29.6. The van der Waals surface area contributed by atoms with E-state index in [1.165, 1.54) is 11.3 Å². The van der Waals surface area contributed by atoms with Crippen LogP contribution in [0.3, 0.4) is 0 Å². The van der Waals surface area contributed by atoms with Gasteiger partial charge in [-0.1, -0.05) is 6.92 Å². The van der Waals surface area contributed by atoms with Gasteiger partial charge in [0.05, 0.1) is 28.4 Å². The molecule has 12 heteroatoms. The molecule has 2 aliphatic heterocycles. The summed E-state index contributed by atoms with van der Waals surface area (Å²) in [5, 5.41) is 9.87. The number of hydrogen-bond donors (Lipinski definition) is 0. The normalized spacial score (nSPS) is 17.5. The highest BCUT2D eigenvalue weighted by molar-refractivity contribution is 7.19. The van der Waals surface area contributed by atoms with E-state index in [1.807, 2.05) is 18.2 Å². The molecule has 1 fully saturated rings. The lowest BCUT2D eigenvalue weighted by Crippen LogP contribution is -2.41. The third-order valence-corrected chi connectivity index (χ3v) is 9.28. The maximum absolute atomic E-state index is 13.0. The number of rotatable bonds is 6. The molecule has 5 heterocycles. The molecule has 42 heavy (non-hydrogen) atoms. The second-order valence-corrected chi connectivity index (χ2v) is 12.0. The van der Waals surface area contributed by atoms with Crippen LogP contribution in [-0.4, -0.2) is 57.4 Å². The topological polar surface area (TPSA) is 87.2 Å². The lowest BCUT2D eigenvalue weighted by molar-refractivity contribution is -0.141. The van der Waals surface area contributed by atoms with Crippen LogP contribution in [0.2, 0.25) is 0 Å². The molecule has 0 unspecified atom stereocenters. The molecule has 0 amide bonds. The third-order valence-electron chi connectivity index (χ3n) is 8.14. The lowest BCUT2D eigenvalue weighted by atomic mass is 9.90. The van der Waals surface area contributed by atoms with E-state index in [0.29, 0.717) is 26.6 Å². The van der Waals surface area contributed by atoms with Gasteiger partial charge in [-0.2, -0.15) is 18.4 Å². The van der Waals surface area contributed by atoms with Gasteiger partial charge in [-0.15, -0.1) is 11.3 Å². The quantitative estimate of drug-likeness (QED) is 0.324. The van der Waals surface area contributed by atoms with Crippen LogP contribution in [-0.2, 0) is 19.5 Å². The van der Waals surface area contributed by atoms with Gasteiger partial charge in [-0.25, -0.2) is 4.79 Å². The Morgan fingerprint density at radius 3 is 2.71 bits per heavy atom. The zero-order valence-electron chi connectivity index (χ0n) is 23.0. The Morgan fingerprint density at radius 2 is 1.98 bits per heavy atom. The van der Waals surface area contributed by atoms with E-state index in [4.69, 9.17) is 0 Å². The lowest BCUT2D eigenvalue weighted by Gasteiger charge is -2.38. The Hall–Kier alpha value is -3.95. The summed E-state index contributed by atoms with van der Waals surface area (Å²) in [7, 11) is 0. The number of thiophene rings is 1.